The van der Waals surface area contributed by atoms with Crippen molar-refractivity contribution < 1.29 is 14.0 Å². The summed E-state index contributed by atoms with van der Waals surface area (Å²) in [5.74, 6) is 0.726. The number of hydrogen-bond acceptors (Lipinski definition) is 3. The lowest BCUT2D eigenvalue weighted by Gasteiger charge is -2.11. The summed E-state index contributed by atoms with van der Waals surface area (Å²) in [6.45, 7) is 0.328. The van der Waals surface area contributed by atoms with Crippen molar-refractivity contribution in [2.24, 2.45) is 0 Å². The van der Waals surface area contributed by atoms with Crippen molar-refractivity contribution in [1.82, 2.24) is 10.2 Å². The molecule has 1 heterocycles. The Hall–Kier alpha value is -2.76. The van der Waals surface area contributed by atoms with Crippen LogP contribution in [-0.2, 0) is 17.8 Å². The Morgan fingerprint density at radius 3 is 2.45 bits per heavy atom. The second-order valence-electron chi connectivity index (χ2n) is 5.05. The van der Waals surface area contributed by atoms with Crippen LogP contribution >= 0.6 is 0 Å². The van der Waals surface area contributed by atoms with Crippen LogP contribution in [0.5, 0.6) is 0 Å². The molecule has 0 spiro atoms. The molecule has 6 nitrogen and oxygen atoms in total. The molecule has 0 bridgehead atoms. The van der Waals surface area contributed by atoms with E-state index in [4.69, 9.17) is 4.42 Å². The summed E-state index contributed by atoms with van der Waals surface area (Å²) in [5.41, 5.74) is 1.57. The average molecular weight is 301 g/mol. The van der Waals surface area contributed by atoms with E-state index in [1.807, 2.05) is 12.1 Å². The highest BCUT2D eigenvalue weighted by atomic mass is 16.3. The monoisotopic (exact) mass is 301 g/mol. The second kappa shape index (κ2) is 7.31. The molecule has 1 aromatic carbocycles. The second-order valence-corrected chi connectivity index (χ2v) is 5.05. The van der Waals surface area contributed by atoms with Crippen LogP contribution in [0, 0.1) is 0 Å². The Balaban J connectivity index is 1.82. The summed E-state index contributed by atoms with van der Waals surface area (Å²) in [6.07, 6.45) is 1.90. The quantitative estimate of drug-likeness (QED) is 0.889. The molecule has 0 saturated heterocycles. The number of amides is 3. The standard InChI is InChI=1S/C16H19N3O3/c1-19(2)15(20)10-12-5-7-13(8-6-12)18-16(21)17-11-14-4-3-9-22-14/h3-9H,10-11H2,1-2H3,(H2,17,18,21). The molecule has 1 aromatic heterocycles. The third-order valence-electron chi connectivity index (χ3n) is 3.07. The summed E-state index contributed by atoms with van der Waals surface area (Å²) in [5, 5.41) is 5.41. The van der Waals surface area contributed by atoms with E-state index in [9.17, 15) is 9.59 Å². The Bertz CT molecular complexity index is 619. The van der Waals surface area contributed by atoms with E-state index in [-0.39, 0.29) is 11.9 Å². The molecule has 3 amide bonds. The number of nitrogens with one attached hydrogen (secondary N) is 2. The maximum absolute atomic E-state index is 11.7. The molecule has 0 aliphatic carbocycles. The molecule has 0 saturated carbocycles. The smallest absolute Gasteiger partial charge is 0.319 e. The molecule has 0 aliphatic heterocycles. The van der Waals surface area contributed by atoms with Gasteiger partial charge < -0.3 is 20.0 Å². The van der Waals surface area contributed by atoms with Gasteiger partial charge in [-0.25, -0.2) is 4.79 Å². The van der Waals surface area contributed by atoms with Gasteiger partial charge in [0, 0.05) is 19.8 Å². The Morgan fingerprint density at radius 1 is 1.14 bits per heavy atom. The van der Waals surface area contributed by atoms with E-state index < -0.39 is 0 Å². The molecule has 22 heavy (non-hydrogen) atoms. The molecule has 116 valence electrons. The number of benzene rings is 1. The number of furan rings is 1. The molecule has 2 aromatic rings. The molecule has 0 atom stereocenters. The van der Waals surface area contributed by atoms with Gasteiger partial charge in [-0.05, 0) is 29.8 Å². The fraction of sp³-hybridized carbons (Fsp3) is 0.250. The van der Waals surface area contributed by atoms with Crippen molar-refractivity contribution in [3.8, 4) is 0 Å². The molecule has 0 radical (unpaired) electrons. The molecule has 6 heteroatoms. The molecule has 0 unspecified atom stereocenters. The van der Waals surface area contributed by atoms with Gasteiger partial charge in [-0.3, -0.25) is 4.79 Å². The number of likely N-dealkylation sites (N-methyl/N-ethyl adjacent to an activating group) is 1. The maximum Gasteiger partial charge on any atom is 0.319 e. The van der Waals surface area contributed by atoms with E-state index in [2.05, 4.69) is 10.6 Å². The summed E-state index contributed by atoms with van der Waals surface area (Å²) in [4.78, 5) is 24.9. The Labute approximate surface area is 129 Å². The SMILES string of the molecule is CN(C)C(=O)Cc1ccc(NC(=O)NCc2ccco2)cc1. The van der Waals surface area contributed by atoms with Gasteiger partial charge in [0.15, 0.2) is 0 Å². The van der Waals surface area contributed by atoms with Crippen LogP contribution in [0.4, 0.5) is 10.5 Å². The molecule has 2 rings (SSSR count). The lowest BCUT2D eigenvalue weighted by atomic mass is 10.1. The minimum absolute atomic E-state index is 0.0388. The van der Waals surface area contributed by atoms with Crippen molar-refractivity contribution in [2.75, 3.05) is 19.4 Å². The van der Waals surface area contributed by atoms with E-state index in [1.54, 1.807) is 49.5 Å². The molecular weight excluding hydrogens is 282 g/mol. The largest absolute Gasteiger partial charge is 0.467 e. The van der Waals surface area contributed by atoms with Crippen molar-refractivity contribution in [3.05, 3.63) is 54.0 Å². The topological polar surface area (TPSA) is 74.6 Å². The molecule has 0 aliphatic rings. The van der Waals surface area contributed by atoms with Crippen molar-refractivity contribution >= 4 is 17.6 Å². The van der Waals surface area contributed by atoms with Crippen molar-refractivity contribution in [2.45, 2.75) is 13.0 Å². The van der Waals surface area contributed by atoms with E-state index in [0.29, 0.717) is 24.4 Å². The average Bonchev–Trinajstić information content (AvgIpc) is 3.00. The van der Waals surface area contributed by atoms with Gasteiger partial charge >= 0.3 is 6.03 Å². The lowest BCUT2D eigenvalue weighted by Crippen LogP contribution is -2.28. The van der Waals surface area contributed by atoms with E-state index >= 15 is 0 Å². The number of anilines is 1. The Morgan fingerprint density at radius 2 is 1.86 bits per heavy atom. The van der Waals surface area contributed by atoms with Crippen LogP contribution in [0.25, 0.3) is 0 Å². The maximum atomic E-state index is 11.7. The number of nitrogens with zero attached hydrogens (tertiary/aromatic N) is 1. The zero-order valence-corrected chi connectivity index (χ0v) is 12.6. The van der Waals surface area contributed by atoms with Crippen molar-refractivity contribution in [1.29, 1.82) is 0 Å². The van der Waals surface area contributed by atoms with Gasteiger partial charge in [0.2, 0.25) is 5.91 Å². The van der Waals surface area contributed by atoms with E-state index in [0.717, 1.165) is 5.56 Å². The van der Waals surface area contributed by atoms with Gasteiger partial charge in [-0.15, -0.1) is 0 Å². The summed E-state index contributed by atoms with van der Waals surface area (Å²) >= 11 is 0. The van der Waals surface area contributed by atoms with E-state index in [1.165, 1.54) is 0 Å². The minimum atomic E-state index is -0.312. The molecular formula is C16H19N3O3. The van der Waals surface area contributed by atoms with Crippen LogP contribution in [0.15, 0.2) is 47.1 Å². The first-order valence-electron chi connectivity index (χ1n) is 6.91. The predicted octanol–water partition coefficient (Wildman–Crippen LogP) is 2.23. The van der Waals surface area contributed by atoms with Crippen LogP contribution < -0.4 is 10.6 Å². The van der Waals surface area contributed by atoms with Crippen LogP contribution in [-0.4, -0.2) is 30.9 Å². The van der Waals surface area contributed by atoms with Crippen LogP contribution in [0.2, 0.25) is 0 Å². The minimum Gasteiger partial charge on any atom is -0.467 e. The fourth-order valence-electron chi connectivity index (χ4n) is 1.79. The normalized spacial score (nSPS) is 10.1. The van der Waals surface area contributed by atoms with Gasteiger partial charge in [-0.1, -0.05) is 12.1 Å². The molecule has 2 N–H and O–H groups in total. The third kappa shape index (κ3) is 4.66. The highest BCUT2D eigenvalue weighted by Crippen LogP contribution is 2.10. The summed E-state index contributed by atoms with van der Waals surface area (Å²) < 4.78 is 5.13. The lowest BCUT2D eigenvalue weighted by molar-refractivity contribution is -0.127. The third-order valence-corrected chi connectivity index (χ3v) is 3.07. The van der Waals surface area contributed by atoms with Crippen molar-refractivity contribution in [3.63, 3.8) is 0 Å². The van der Waals surface area contributed by atoms with Gasteiger partial charge in [0.05, 0.1) is 19.2 Å². The summed E-state index contributed by atoms with van der Waals surface area (Å²) in [7, 11) is 3.45. The van der Waals surface area contributed by atoms with Crippen LogP contribution in [0.3, 0.4) is 0 Å². The van der Waals surface area contributed by atoms with Gasteiger partial charge in [0.1, 0.15) is 5.76 Å². The zero-order chi connectivity index (χ0) is 15.9. The highest BCUT2D eigenvalue weighted by Gasteiger charge is 2.06. The number of carbonyl (C=O) groups excluding carboxylic acids is 2. The zero-order valence-electron chi connectivity index (χ0n) is 12.6. The number of rotatable bonds is 5. The summed E-state index contributed by atoms with van der Waals surface area (Å²) in [6, 6.07) is 10.4. The first-order chi connectivity index (χ1) is 10.5. The van der Waals surface area contributed by atoms with Crippen LogP contribution in [0.1, 0.15) is 11.3 Å². The highest BCUT2D eigenvalue weighted by molar-refractivity contribution is 5.89. The predicted molar refractivity (Wildman–Crippen MR) is 83.4 cm³/mol. The number of urea groups is 1. The van der Waals surface area contributed by atoms with Gasteiger partial charge in [-0.2, -0.15) is 0 Å². The number of carbonyl (C=O) groups is 2. The Kier molecular flexibility index (Phi) is 5.19. The first kappa shape index (κ1) is 15.6. The van der Waals surface area contributed by atoms with Gasteiger partial charge in [0.25, 0.3) is 0 Å². The number of hydrogen-bond donors (Lipinski definition) is 2. The fourth-order valence-corrected chi connectivity index (χ4v) is 1.79. The molecule has 0 fully saturated rings. The first-order valence-corrected chi connectivity index (χ1v) is 6.91.